The third kappa shape index (κ3) is 6.30. The van der Waals surface area contributed by atoms with Crippen molar-refractivity contribution in [2.75, 3.05) is 0 Å². The van der Waals surface area contributed by atoms with E-state index in [9.17, 15) is 21.0 Å². The average Bonchev–Trinajstić information content (AvgIpc) is 4.22. The minimum atomic E-state index is -0.605. The van der Waals surface area contributed by atoms with E-state index in [0.717, 1.165) is 55.4 Å². The fraction of sp³-hybridized carbons (Fsp3) is 0.107. The summed E-state index contributed by atoms with van der Waals surface area (Å²) >= 11 is 17.3. The molecule has 0 amide bonds. The Labute approximate surface area is 463 Å². The Balaban J connectivity index is 1.06. The van der Waals surface area contributed by atoms with Gasteiger partial charge in [-0.15, -0.1) is 90.7 Å². The number of fused-ring (bicyclic) bond motifs is 11. The monoisotopic (exact) mass is 1130 g/mol. The SMILES string of the molecule is Cc1ccc(C2(c3ccc(C)s3)c3cc(-c4ccc(C=C(C#N)C#N)c5nsnc45)sc3-c3sc4c5c(sc4c32)-c2sc(-c3ccc(C=C(C#N)C#N)c4nsnc34)cc2C5(c2ccc(C)s2)c2ccc(C)s2)s1. The summed E-state index contributed by atoms with van der Waals surface area (Å²) < 4.78 is 21.7. The van der Waals surface area contributed by atoms with E-state index in [0.29, 0.717) is 22.2 Å². The molecule has 2 aliphatic rings. The lowest BCUT2D eigenvalue weighted by Crippen LogP contribution is -2.26. The van der Waals surface area contributed by atoms with Gasteiger partial charge in [-0.1, -0.05) is 24.3 Å². The predicted molar refractivity (Wildman–Crippen MR) is 312 cm³/mol. The summed E-state index contributed by atoms with van der Waals surface area (Å²) in [4.78, 5) is 17.5. The minimum absolute atomic E-state index is 0.0202. The molecule has 0 saturated heterocycles. The molecule has 18 heteroatoms. The van der Waals surface area contributed by atoms with Crippen LogP contribution in [0.3, 0.4) is 0 Å². The van der Waals surface area contributed by atoms with E-state index < -0.39 is 10.8 Å². The normalized spacial score (nSPS) is 13.6. The van der Waals surface area contributed by atoms with Crippen LogP contribution >= 0.6 is 114 Å². The number of hydrogen-bond acceptors (Lipinski definition) is 18. The van der Waals surface area contributed by atoms with Crippen LogP contribution in [0.25, 0.3) is 84.0 Å². The molecular weight excluding hydrogens is 1110 g/mol. The Bertz CT molecular complexity index is 4240. The van der Waals surface area contributed by atoms with Crippen LogP contribution in [0.4, 0.5) is 0 Å². The van der Waals surface area contributed by atoms with Gasteiger partial charge in [0.25, 0.3) is 0 Å². The summed E-state index contributed by atoms with van der Waals surface area (Å²) in [6, 6.07) is 39.4. The van der Waals surface area contributed by atoms with Crippen LogP contribution in [0.15, 0.2) is 96.1 Å². The molecule has 0 N–H and O–H groups in total. The molecule has 0 aliphatic heterocycles. The van der Waals surface area contributed by atoms with Crippen molar-refractivity contribution >= 4 is 158 Å². The van der Waals surface area contributed by atoms with E-state index in [1.165, 1.54) is 90.2 Å². The van der Waals surface area contributed by atoms with E-state index >= 15 is 0 Å². The average molecular weight is 1130 g/mol. The number of thiophene rings is 8. The zero-order chi connectivity index (χ0) is 50.4. The third-order valence-corrected chi connectivity index (χ3v) is 24.6. The van der Waals surface area contributed by atoms with Gasteiger partial charge in [-0.05, 0) is 112 Å². The topological polar surface area (TPSA) is 147 Å². The first kappa shape index (κ1) is 46.0. The van der Waals surface area contributed by atoms with Crippen molar-refractivity contribution in [2.24, 2.45) is 0 Å². The second-order valence-electron chi connectivity index (χ2n) is 18.0. The summed E-state index contributed by atoms with van der Waals surface area (Å²) in [5.41, 5.74) is 10.3. The maximum Gasteiger partial charge on any atom is 0.130 e. The molecule has 0 atom stereocenters. The number of benzene rings is 2. The molecule has 0 unspecified atom stereocenters. The fourth-order valence-corrected chi connectivity index (χ4v) is 22.4. The van der Waals surface area contributed by atoms with Crippen molar-refractivity contribution in [1.82, 2.24) is 17.5 Å². The lowest BCUT2D eigenvalue weighted by Gasteiger charge is -2.30. The molecular formula is C56H28N8S10. The molecule has 2 aromatic carbocycles. The van der Waals surface area contributed by atoms with Gasteiger partial charge >= 0.3 is 0 Å². The highest BCUT2D eigenvalue weighted by Crippen LogP contribution is 2.72. The third-order valence-electron chi connectivity index (χ3n) is 13.9. The number of rotatable bonds is 8. The maximum atomic E-state index is 9.63. The van der Waals surface area contributed by atoms with Gasteiger partial charge in [0, 0.05) is 82.2 Å². The molecule has 0 fully saturated rings. The van der Waals surface area contributed by atoms with Gasteiger partial charge in [-0.25, -0.2) is 0 Å². The molecule has 2 aliphatic carbocycles. The van der Waals surface area contributed by atoms with Crippen LogP contribution in [-0.4, -0.2) is 17.5 Å². The van der Waals surface area contributed by atoms with E-state index in [2.05, 4.69) is 100 Å². The second-order valence-corrected chi connectivity index (χ2v) is 28.4. The molecule has 14 rings (SSSR count). The summed E-state index contributed by atoms with van der Waals surface area (Å²) in [6.07, 6.45) is 3.20. The number of aryl methyl sites for hydroxylation is 4. The van der Waals surface area contributed by atoms with Crippen LogP contribution in [0.1, 0.15) is 72.4 Å². The first-order chi connectivity index (χ1) is 36.1. The smallest absolute Gasteiger partial charge is 0.130 e. The number of nitriles is 4. The van der Waals surface area contributed by atoms with Gasteiger partial charge in [0.15, 0.2) is 0 Å². The molecule has 74 heavy (non-hydrogen) atoms. The second kappa shape index (κ2) is 17.0. The van der Waals surface area contributed by atoms with E-state index in [4.69, 9.17) is 17.5 Å². The maximum absolute atomic E-state index is 9.63. The highest BCUT2D eigenvalue weighted by molar-refractivity contribution is 7.35. The first-order valence-corrected chi connectivity index (χ1v) is 30.8. The Hall–Kier alpha value is -6.62. The van der Waals surface area contributed by atoms with Crippen molar-refractivity contribution < 1.29 is 0 Å². The molecule has 12 aromatic rings. The summed E-state index contributed by atoms with van der Waals surface area (Å²) in [5.74, 6) is 0. The minimum Gasteiger partial charge on any atom is -0.192 e. The highest BCUT2D eigenvalue weighted by Gasteiger charge is 2.56. The van der Waals surface area contributed by atoms with Crippen LogP contribution in [-0.2, 0) is 10.8 Å². The Morgan fingerprint density at radius 2 is 0.770 bits per heavy atom. The van der Waals surface area contributed by atoms with Gasteiger partial charge < -0.3 is 0 Å². The van der Waals surface area contributed by atoms with Crippen molar-refractivity contribution in [3.8, 4) is 64.7 Å². The van der Waals surface area contributed by atoms with Crippen molar-refractivity contribution in [2.45, 2.75) is 38.5 Å². The Morgan fingerprint density at radius 1 is 0.419 bits per heavy atom. The highest BCUT2D eigenvalue weighted by atomic mass is 32.1. The zero-order valence-corrected chi connectivity index (χ0v) is 47.1. The number of aromatic nitrogens is 4. The van der Waals surface area contributed by atoms with E-state index in [1.54, 1.807) is 12.2 Å². The Kier molecular flexibility index (Phi) is 10.5. The number of nitrogens with zero attached hydrogens (tertiary/aromatic N) is 8. The van der Waals surface area contributed by atoms with Crippen LogP contribution < -0.4 is 0 Å². The van der Waals surface area contributed by atoms with Crippen LogP contribution in [0, 0.1) is 73.0 Å². The largest absolute Gasteiger partial charge is 0.192 e. The first-order valence-electron chi connectivity index (χ1n) is 22.8. The van der Waals surface area contributed by atoms with Gasteiger partial charge in [0.05, 0.1) is 63.2 Å². The number of hydrogen-bond donors (Lipinski definition) is 0. The van der Waals surface area contributed by atoms with Crippen molar-refractivity contribution in [3.63, 3.8) is 0 Å². The Morgan fingerprint density at radius 3 is 1.09 bits per heavy atom. The standard InChI is InChI=1S/C56H28N8S10/c1-25-5-13-39(65-25)55(40-14-6-26(2)66-40)35-19-37(33-11-9-31(17-29(21-57)22-58)45-47(33)63-73-61-45)69-49(35)51-43(55)53-54(71-51)44-52(72-53)50-36(56(44,41-15-7-27(3)67-41)42-16-8-28(4)68-42)20-38(70-50)34-12-10-32(18-30(23-59)24-60)46-48(34)64-74-62-46/h5-20H,1-4H3. The molecule has 0 radical (unpaired) electrons. The van der Waals surface area contributed by atoms with Gasteiger partial charge in [-0.3, -0.25) is 0 Å². The van der Waals surface area contributed by atoms with Crippen molar-refractivity contribution in [3.05, 3.63) is 168 Å². The lowest BCUT2D eigenvalue weighted by molar-refractivity contribution is 0.817. The zero-order valence-electron chi connectivity index (χ0n) is 38.9. The molecule has 352 valence electrons. The summed E-state index contributed by atoms with van der Waals surface area (Å²) in [5, 5.41) is 38.5. The fourth-order valence-electron chi connectivity index (χ4n) is 10.8. The predicted octanol–water partition coefficient (Wildman–Crippen LogP) is 17.5. The van der Waals surface area contributed by atoms with Gasteiger partial charge in [-0.2, -0.15) is 38.5 Å². The number of allylic oxidation sites excluding steroid dienone is 2. The molecule has 10 aromatic heterocycles. The summed E-state index contributed by atoms with van der Waals surface area (Å²) in [7, 11) is 0. The quantitative estimate of drug-likeness (QED) is 0.137. The molecule has 0 bridgehead atoms. The molecule has 0 saturated carbocycles. The van der Waals surface area contributed by atoms with E-state index in [-0.39, 0.29) is 11.1 Å². The van der Waals surface area contributed by atoms with Crippen LogP contribution in [0.5, 0.6) is 0 Å². The van der Waals surface area contributed by atoms with Gasteiger partial charge in [0.1, 0.15) is 57.5 Å². The van der Waals surface area contributed by atoms with Gasteiger partial charge in [0.2, 0.25) is 0 Å². The molecule has 8 nitrogen and oxygen atoms in total. The lowest BCUT2D eigenvalue weighted by atomic mass is 9.74. The molecule has 0 spiro atoms. The summed E-state index contributed by atoms with van der Waals surface area (Å²) in [6.45, 7) is 8.83. The van der Waals surface area contributed by atoms with E-state index in [1.807, 2.05) is 127 Å². The molecule has 10 heterocycles. The van der Waals surface area contributed by atoms with Crippen molar-refractivity contribution in [1.29, 1.82) is 21.0 Å². The van der Waals surface area contributed by atoms with Crippen LogP contribution in [0.2, 0.25) is 0 Å².